The van der Waals surface area contributed by atoms with Crippen LogP contribution in [0.15, 0.2) is 0 Å². The monoisotopic (exact) mass is 401 g/mol. The molecule has 0 bridgehead atoms. The summed E-state index contributed by atoms with van der Waals surface area (Å²) in [6.45, 7) is 12.3. The Labute approximate surface area is 180 Å². The summed E-state index contributed by atoms with van der Waals surface area (Å²) >= 11 is 0. The molecule has 0 amide bonds. The van der Waals surface area contributed by atoms with Crippen molar-refractivity contribution in [1.29, 1.82) is 0 Å². The van der Waals surface area contributed by atoms with Crippen LogP contribution in [-0.2, 0) is 4.79 Å². The first-order chi connectivity index (χ1) is 13.7. The Bertz CT molecular complexity index is 614. The first-order valence-electron chi connectivity index (χ1n) is 12.9. The lowest BCUT2D eigenvalue weighted by Gasteiger charge is -2.60. The number of Topliss-reactive ketones (excluding diaryl/α,β-unsaturated/α-hetero) is 1. The molecule has 4 aliphatic rings. The molecule has 2 N–H and O–H groups in total. The van der Waals surface area contributed by atoms with E-state index in [1.807, 2.05) is 0 Å². The highest BCUT2D eigenvalue weighted by Crippen LogP contribution is 2.67. The smallest absolute Gasteiger partial charge is 0.136 e. The zero-order chi connectivity index (χ0) is 21.0. The van der Waals surface area contributed by atoms with Crippen LogP contribution in [0.1, 0.15) is 105 Å². The van der Waals surface area contributed by atoms with Crippen molar-refractivity contribution in [3.63, 3.8) is 0 Å². The highest BCUT2D eigenvalue weighted by Gasteiger charge is 2.62. The second-order valence-electron chi connectivity index (χ2n) is 12.7. The predicted octanol–water partition coefficient (Wildman–Crippen LogP) is 6.61. The molecule has 2 heteroatoms. The van der Waals surface area contributed by atoms with Crippen molar-refractivity contribution < 1.29 is 4.79 Å². The van der Waals surface area contributed by atoms with Crippen LogP contribution < -0.4 is 5.73 Å². The number of carbonyl (C=O) groups is 1. The maximum Gasteiger partial charge on any atom is 0.136 e. The Morgan fingerprint density at radius 2 is 1.66 bits per heavy atom. The summed E-state index contributed by atoms with van der Waals surface area (Å²) in [6, 6.07) is 0.255. The Hall–Kier alpha value is -0.370. The molecule has 9 atom stereocenters. The lowest BCUT2D eigenvalue weighted by molar-refractivity contribution is -0.155. The van der Waals surface area contributed by atoms with Crippen LogP contribution in [-0.4, -0.2) is 11.8 Å². The molecular formula is C27H47NO. The van der Waals surface area contributed by atoms with Gasteiger partial charge in [-0.2, -0.15) is 0 Å². The minimum atomic E-state index is 0.234. The predicted molar refractivity (Wildman–Crippen MR) is 121 cm³/mol. The first kappa shape index (κ1) is 21.8. The molecule has 0 saturated heterocycles. The van der Waals surface area contributed by atoms with E-state index < -0.39 is 0 Å². The van der Waals surface area contributed by atoms with Gasteiger partial charge in [-0.05, 0) is 91.3 Å². The van der Waals surface area contributed by atoms with Crippen LogP contribution in [0.5, 0.6) is 0 Å². The highest BCUT2D eigenvalue weighted by atomic mass is 16.1. The Balaban J connectivity index is 1.50. The minimum Gasteiger partial charge on any atom is -0.328 e. The number of nitrogens with two attached hydrogens (primary N) is 1. The molecule has 2 unspecified atom stereocenters. The van der Waals surface area contributed by atoms with Gasteiger partial charge in [-0.1, -0.05) is 53.9 Å². The molecule has 166 valence electrons. The second kappa shape index (κ2) is 7.95. The van der Waals surface area contributed by atoms with Gasteiger partial charge in [-0.3, -0.25) is 4.79 Å². The number of carbonyl (C=O) groups excluding carboxylic acids is 1. The lowest BCUT2D eigenvalue weighted by atomic mass is 9.44. The Morgan fingerprint density at radius 3 is 2.38 bits per heavy atom. The second-order valence-corrected chi connectivity index (χ2v) is 12.7. The van der Waals surface area contributed by atoms with E-state index in [1.54, 1.807) is 0 Å². The normalized spacial score (nSPS) is 48.2. The molecule has 0 aromatic rings. The molecule has 4 aliphatic carbocycles. The fraction of sp³-hybridized carbons (Fsp3) is 0.963. The molecule has 4 saturated carbocycles. The number of ketones is 1. The largest absolute Gasteiger partial charge is 0.328 e. The summed E-state index contributed by atoms with van der Waals surface area (Å²) in [7, 11) is 0. The van der Waals surface area contributed by atoms with Crippen molar-refractivity contribution in [3.8, 4) is 0 Å². The summed E-state index contributed by atoms with van der Waals surface area (Å²) < 4.78 is 0. The third-order valence-electron chi connectivity index (χ3n) is 10.7. The fourth-order valence-electron chi connectivity index (χ4n) is 9.09. The summed E-state index contributed by atoms with van der Waals surface area (Å²) in [4.78, 5) is 13.3. The quantitative estimate of drug-likeness (QED) is 0.563. The van der Waals surface area contributed by atoms with Gasteiger partial charge in [0.15, 0.2) is 0 Å². The SMILES string of the molecule is CC(C)CCC[C@@H](C)[C@H]1CC[C@H]2[C@@H]3CC(=O)C4CC(N)CC[C@]4(C)[C@H]3CC[C@]12C. The molecule has 0 aliphatic heterocycles. The van der Waals surface area contributed by atoms with Crippen molar-refractivity contribution in [3.05, 3.63) is 0 Å². The maximum atomic E-state index is 13.3. The van der Waals surface area contributed by atoms with E-state index in [0.717, 1.165) is 48.9 Å². The Morgan fingerprint density at radius 1 is 0.966 bits per heavy atom. The van der Waals surface area contributed by atoms with Crippen molar-refractivity contribution in [2.75, 3.05) is 0 Å². The van der Waals surface area contributed by atoms with Crippen molar-refractivity contribution in [2.24, 2.45) is 58.0 Å². The van der Waals surface area contributed by atoms with Gasteiger partial charge < -0.3 is 5.73 Å². The zero-order valence-electron chi connectivity index (χ0n) is 19.9. The van der Waals surface area contributed by atoms with E-state index in [-0.39, 0.29) is 17.4 Å². The van der Waals surface area contributed by atoms with Crippen LogP contribution in [0.3, 0.4) is 0 Å². The van der Waals surface area contributed by atoms with Crippen LogP contribution >= 0.6 is 0 Å². The molecule has 29 heavy (non-hydrogen) atoms. The van der Waals surface area contributed by atoms with Crippen LogP contribution in [0, 0.1) is 52.3 Å². The average Bonchev–Trinajstić information content (AvgIpc) is 3.00. The summed E-state index contributed by atoms with van der Waals surface area (Å²) in [6.07, 6.45) is 13.8. The molecule has 4 fully saturated rings. The summed E-state index contributed by atoms with van der Waals surface area (Å²) in [5.74, 6) is 5.59. The van der Waals surface area contributed by atoms with E-state index in [0.29, 0.717) is 17.1 Å². The van der Waals surface area contributed by atoms with Gasteiger partial charge in [-0.15, -0.1) is 0 Å². The number of fused-ring (bicyclic) bond motifs is 5. The topological polar surface area (TPSA) is 43.1 Å². The van der Waals surface area contributed by atoms with Crippen molar-refractivity contribution in [2.45, 2.75) is 111 Å². The van der Waals surface area contributed by atoms with E-state index in [4.69, 9.17) is 5.73 Å². The fourth-order valence-corrected chi connectivity index (χ4v) is 9.09. The van der Waals surface area contributed by atoms with Gasteiger partial charge in [0.25, 0.3) is 0 Å². The standard InChI is InChI=1S/C27H47NO/c1-17(2)7-6-8-18(3)21-9-10-22-20-16-25(29)24-15-19(28)11-13-27(24,5)23(20)12-14-26(21,22)4/h17-24H,6-16,28H2,1-5H3/t18-,19?,20+,21-,22+,23+,24?,26-,27-/m1/s1. The molecule has 0 spiro atoms. The number of hydrogen-bond donors (Lipinski definition) is 1. The van der Waals surface area contributed by atoms with Crippen molar-refractivity contribution >= 4 is 5.78 Å². The van der Waals surface area contributed by atoms with E-state index >= 15 is 0 Å². The molecule has 0 radical (unpaired) electrons. The van der Waals surface area contributed by atoms with Crippen LogP contribution in [0.2, 0.25) is 0 Å². The van der Waals surface area contributed by atoms with Gasteiger partial charge in [-0.25, -0.2) is 0 Å². The first-order valence-corrected chi connectivity index (χ1v) is 12.9. The van der Waals surface area contributed by atoms with Crippen molar-refractivity contribution in [1.82, 2.24) is 0 Å². The molecule has 0 aromatic heterocycles. The lowest BCUT2D eigenvalue weighted by Crippen LogP contribution is -2.57. The van der Waals surface area contributed by atoms with Gasteiger partial charge in [0.05, 0.1) is 0 Å². The van der Waals surface area contributed by atoms with Gasteiger partial charge in [0.2, 0.25) is 0 Å². The Kier molecular flexibility index (Phi) is 5.99. The van der Waals surface area contributed by atoms with E-state index in [1.165, 1.54) is 51.4 Å². The number of rotatable bonds is 5. The van der Waals surface area contributed by atoms with Crippen LogP contribution in [0.25, 0.3) is 0 Å². The van der Waals surface area contributed by atoms with E-state index in [9.17, 15) is 4.79 Å². The number of hydrogen-bond acceptors (Lipinski definition) is 2. The summed E-state index contributed by atoms with van der Waals surface area (Å²) in [5, 5.41) is 0. The molecule has 0 heterocycles. The molecular weight excluding hydrogens is 354 g/mol. The minimum absolute atomic E-state index is 0.234. The summed E-state index contributed by atoms with van der Waals surface area (Å²) in [5.41, 5.74) is 7.01. The highest BCUT2D eigenvalue weighted by molar-refractivity contribution is 5.83. The molecule has 2 nitrogen and oxygen atoms in total. The van der Waals surface area contributed by atoms with Gasteiger partial charge in [0.1, 0.15) is 5.78 Å². The zero-order valence-corrected chi connectivity index (χ0v) is 19.9. The maximum absolute atomic E-state index is 13.3. The van der Waals surface area contributed by atoms with Gasteiger partial charge in [0, 0.05) is 18.4 Å². The van der Waals surface area contributed by atoms with Gasteiger partial charge >= 0.3 is 0 Å². The van der Waals surface area contributed by atoms with E-state index in [2.05, 4.69) is 34.6 Å². The average molecular weight is 402 g/mol. The third kappa shape index (κ3) is 3.64. The molecule has 4 rings (SSSR count). The molecule has 0 aromatic carbocycles. The van der Waals surface area contributed by atoms with Crippen LogP contribution in [0.4, 0.5) is 0 Å². The third-order valence-corrected chi connectivity index (χ3v) is 10.7.